The van der Waals surface area contributed by atoms with E-state index in [0.29, 0.717) is 5.56 Å². The number of carbonyl (C=O) groups excluding carboxylic acids is 1. The largest absolute Gasteiger partial charge is 0.504 e. The summed E-state index contributed by atoms with van der Waals surface area (Å²) < 4.78 is 16.1. The summed E-state index contributed by atoms with van der Waals surface area (Å²) in [6.45, 7) is 0. The fourth-order valence-corrected chi connectivity index (χ4v) is 3.53. The van der Waals surface area contributed by atoms with Crippen molar-refractivity contribution in [1.29, 1.82) is 0 Å². The lowest BCUT2D eigenvalue weighted by Crippen LogP contribution is -2.12. The Hall–Kier alpha value is -4.20. The quantitative estimate of drug-likeness (QED) is 0.326. The first-order valence-corrected chi connectivity index (χ1v) is 9.32. The van der Waals surface area contributed by atoms with Crippen molar-refractivity contribution in [2.75, 3.05) is 7.11 Å². The second kappa shape index (κ2) is 7.91. The van der Waals surface area contributed by atoms with E-state index in [4.69, 9.17) is 13.6 Å². The molecule has 31 heavy (non-hydrogen) atoms. The lowest BCUT2D eigenvalue weighted by molar-refractivity contribution is -0.140. The summed E-state index contributed by atoms with van der Waals surface area (Å²) in [5, 5.41) is 31.1. The Bertz CT molecular complexity index is 1300. The van der Waals surface area contributed by atoms with E-state index >= 15 is 0 Å². The van der Waals surface area contributed by atoms with Crippen LogP contribution in [0.2, 0.25) is 0 Å². The number of benzene rings is 2. The average Bonchev–Trinajstić information content (AvgIpc) is 3.31. The van der Waals surface area contributed by atoms with E-state index in [1.807, 2.05) is 0 Å². The summed E-state index contributed by atoms with van der Waals surface area (Å²) in [4.78, 5) is 25.0. The van der Waals surface area contributed by atoms with Crippen molar-refractivity contribution in [3.8, 4) is 28.6 Å². The van der Waals surface area contributed by atoms with Crippen molar-refractivity contribution in [2.45, 2.75) is 12.3 Å². The van der Waals surface area contributed by atoms with E-state index in [1.165, 1.54) is 19.4 Å². The Morgan fingerprint density at radius 2 is 1.77 bits per heavy atom. The third-order valence-corrected chi connectivity index (χ3v) is 5.02. The van der Waals surface area contributed by atoms with Gasteiger partial charge in [0.25, 0.3) is 0 Å². The molecular weight excluding hydrogens is 404 g/mol. The van der Waals surface area contributed by atoms with Crippen molar-refractivity contribution in [1.82, 2.24) is 0 Å². The molecule has 0 spiro atoms. The molecule has 0 aliphatic carbocycles. The van der Waals surface area contributed by atoms with E-state index < -0.39 is 34.6 Å². The van der Waals surface area contributed by atoms with Crippen LogP contribution in [0.5, 0.6) is 17.2 Å². The normalized spacial score (nSPS) is 12.0. The molecule has 8 nitrogen and oxygen atoms in total. The Morgan fingerprint density at radius 3 is 2.42 bits per heavy atom. The average molecular weight is 422 g/mol. The molecule has 0 aliphatic rings. The Balaban J connectivity index is 2.08. The van der Waals surface area contributed by atoms with Gasteiger partial charge in [0.1, 0.15) is 22.5 Å². The predicted octanol–water partition coefficient (Wildman–Crippen LogP) is 3.86. The van der Waals surface area contributed by atoms with Gasteiger partial charge >= 0.3 is 5.97 Å². The van der Waals surface area contributed by atoms with E-state index in [1.54, 1.807) is 42.5 Å². The van der Waals surface area contributed by atoms with Crippen LogP contribution in [0.15, 0.2) is 68.4 Å². The van der Waals surface area contributed by atoms with Crippen molar-refractivity contribution in [2.24, 2.45) is 0 Å². The molecule has 3 N–H and O–H groups in total. The molecule has 158 valence electrons. The summed E-state index contributed by atoms with van der Waals surface area (Å²) in [5.41, 5.74) is -0.308. The molecular formula is C23H18O8. The van der Waals surface area contributed by atoms with E-state index in [2.05, 4.69) is 0 Å². The topological polar surface area (TPSA) is 130 Å². The van der Waals surface area contributed by atoms with Crippen molar-refractivity contribution in [3.05, 3.63) is 76.3 Å². The molecule has 0 aliphatic heterocycles. The van der Waals surface area contributed by atoms with E-state index in [-0.39, 0.29) is 34.5 Å². The summed E-state index contributed by atoms with van der Waals surface area (Å²) >= 11 is 0. The number of hydrogen-bond donors (Lipinski definition) is 3. The summed E-state index contributed by atoms with van der Waals surface area (Å²) in [7, 11) is 1.21. The number of esters is 1. The lowest BCUT2D eigenvalue weighted by Gasteiger charge is -2.19. The fraction of sp³-hybridized carbons (Fsp3) is 0.130. The van der Waals surface area contributed by atoms with Crippen LogP contribution < -0.4 is 5.43 Å². The van der Waals surface area contributed by atoms with Gasteiger partial charge < -0.3 is 28.9 Å². The van der Waals surface area contributed by atoms with Gasteiger partial charge in [0.2, 0.25) is 5.75 Å². The second-order valence-electron chi connectivity index (χ2n) is 6.85. The SMILES string of the molecule is COC(=O)CC(c1ccco1)c1c(O)c(O)c(O)c2c(=O)cc(-c3ccccc3)oc12. The number of hydrogen-bond acceptors (Lipinski definition) is 8. The number of furan rings is 1. The molecule has 2 aromatic heterocycles. The number of aromatic hydroxyl groups is 3. The van der Waals surface area contributed by atoms with Crippen LogP contribution in [-0.4, -0.2) is 28.4 Å². The number of carbonyl (C=O) groups is 1. The molecule has 1 unspecified atom stereocenters. The Morgan fingerprint density at radius 1 is 1.03 bits per heavy atom. The van der Waals surface area contributed by atoms with Crippen LogP contribution in [-0.2, 0) is 9.53 Å². The first-order chi connectivity index (χ1) is 14.9. The van der Waals surface area contributed by atoms with Gasteiger partial charge in [0, 0.05) is 11.6 Å². The minimum atomic E-state index is -0.967. The maximum atomic E-state index is 12.9. The van der Waals surface area contributed by atoms with Gasteiger partial charge in [0.15, 0.2) is 16.9 Å². The Kier molecular flexibility index (Phi) is 5.12. The molecule has 0 fully saturated rings. The molecule has 0 amide bonds. The minimum absolute atomic E-state index is 0.0828. The van der Waals surface area contributed by atoms with Gasteiger partial charge in [-0.15, -0.1) is 0 Å². The minimum Gasteiger partial charge on any atom is -0.504 e. The zero-order valence-electron chi connectivity index (χ0n) is 16.4. The molecule has 2 heterocycles. The highest BCUT2D eigenvalue weighted by Gasteiger charge is 2.32. The van der Waals surface area contributed by atoms with Crippen molar-refractivity contribution < 1.29 is 33.7 Å². The molecule has 0 radical (unpaired) electrons. The number of phenolic OH excluding ortho intramolecular Hbond substituents is 3. The highest BCUT2D eigenvalue weighted by molar-refractivity contribution is 5.93. The molecule has 2 aromatic carbocycles. The molecule has 1 atom stereocenters. The van der Waals surface area contributed by atoms with E-state index in [9.17, 15) is 24.9 Å². The van der Waals surface area contributed by atoms with Gasteiger partial charge in [0.05, 0.1) is 31.3 Å². The second-order valence-corrected chi connectivity index (χ2v) is 6.85. The maximum absolute atomic E-state index is 12.9. The standard InChI is InChI=1S/C23H18O8/c1-29-17(25)10-13(15-8-5-9-30-15)18-20(26)22(28)21(27)19-14(24)11-16(31-23(18)19)12-6-3-2-4-7-12/h2-9,11,13,26-28H,10H2,1H3. The molecule has 4 rings (SSSR count). The maximum Gasteiger partial charge on any atom is 0.306 e. The van der Waals surface area contributed by atoms with Gasteiger partial charge in [-0.3, -0.25) is 9.59 Å². The first kappa shape index (κ1) is 20.1. The third kappa shape index (κ3) is 3.48. The fourth-order valence-electron chi connectivity index (χ4n) is 3.53. The molecule has 0 saturated heterocycles. The van der Waals surface area contributed by atoms with Crippen LogP contribution in [0.25, 0.3) is 22.3 Å². The molecule has 0 bridgehead atoms. The number of methoxy groups -OCH3 is 1. The van der Waals surface area contributed by atoms with Crippen LogP contribution in [0, 0.1) is 0 Å². The highest BCUT2D eigenvalue weighted by atomic mass is 16.5. The highest BCUT2D eigenvalue weighted by Crippen LogP contribution is 2.49. The number of rotatable bonds is 5. The molecule has 0 saturated carbocycles. The summed E-state index contributed by atoms with van der Waals surface area (Å²) in [6, 6.07) is 13.1. The monoisotopic (exact) mass is 422 g/mol. The van der Waals surface area contributed by atoms with Crippen molar-refractivity contribution >= 4 is 16.9 Å². The zero-order chi connectivity index (χ0) is 22.1. The zero-order valence-corrected chi connectivity index (χ0v) is 16.4. The van der Waals surface area contributed by atoms with Crippen LogP contribution >= 0.6 is 0 Å². The summed E-state index contributed by atoms with van der Waals surface area (Å²) in [5.74, 6) is -3.60. The molecule has 8 heteroatoms. The Labute approximate surface area is 175 Å². The van der Waals surface area contributed by atoms with Gasteiger partial charge in [-0.25, -0.2) is 0 Å². The van der Waals surface area contributed by atoms with Crippen LogP contribution in [0.3, 0.4) is 0 Å². The lowest BCUT2D eigenvalue weighted by atomic mass is 9.90. The first-order valence-electron chi connectivity index (χ1n) is 9.32. The van der Waals surface area contributed by atoms with Crippen molar-refractivity contribution in [3.63, 3.8) is 0 Å². The number of fused-ring (bicyclic) bond motifs is 1. The number of ether oxygens (including phenoxy) is 1. The van der Waals surface area contributed by atoms with E-state index in [0.717, 1.165) is 0 Å². The number of phenols is 3. The van der Waals surface area contributed by atoms with Gasteiger partial charge in [-0.1, -0.05) is 30.3 Å². The molecule has 4 aromatic rings. The van der Waals surface area contributed by atoms with Gasteiger partial charge in [-0.2, -0.15) is 0 Å². The van der Waals surface area contributed by atoms with Gasteiger partial charge in [-0.05, 0) is 12.1 Å². The summed E-state index contributed by atoms with van der Waals surface area (Å²) in [6.07, 6.45) is 1.10. The van der Waals surface area contributed by atoms with Crippen LogP contribution in [0.4, 0.5) is 0 Å². The smallest absolute Gasteiger partial charge is 0.306 e. The predicted molar refractivity (Wildman–Crippen MR) is 110 cm³/mol. The van der Waals surface area contributed by atoms with Crippen LogP contribution in [0.1, 0.15) is 23.7 Å². The third-order valence-electron chi connectivity index (χ3n) is 5.02.